The first-order valence-corrected chi connectivity index (χ1v) is 17.3. The Labute approximate surface area is 317 Å². The first-order chi connectivity index (χ1) is 25.5. The van der Waals surface area contributed by atoms with Crippen LogP contribution in [0.2, 0.25) is 10.3 Å². The van der Waals surface area contributed by atoms with Crippen LogP contribution in [0.5, 0.6) is 11.5 Å². The molecular weight excluding hydrogens is 723 g/mol. The van der Waals surface area contributed by atoms with Crippen molar-refractivity contribution >= 4 is 52.1 Å². The van der Waals surface area contributed by atoms with Gasteiger partial charge in [0.1, 0.15) is 16.7 Å². The maximum Gasteiger partial charge on any atom is 0.358 e. The third-order valence-electron chi connectivity index (χ3n) is 7.54. The number of hydrogen-bond donors (Lipinski definition) is 1. The number of benzene rings is 2. The van der Waals surface area contributed by atoms with Gasteiger partial charge in [-0.3, -0.25) is 0 Å². The SMILES string of the molecule is CCOC(=O)c1cnc2c(C)cc(Cl)nn12.CCOC(=O)c1cnc2c(N(C)Cc3ccc(OC)cc3)cc(Cl)nn12.CNCc1ccc(OC)cc1. The third-order valence-corrected chi connectivity index (χ3v) is 7.91. The van der Waals surface area contributed by atoms with Gasteiger partial charge in [-0.15, -0.1) is 0 Å². The van der Waals surface area contributed by atoms with Gasteiger partial charge in [0.05, 0.1) is 45.5 Å². The molecule has 0 saturated carbocycles. The summed E-state index contributed by atoms with van der Waals surface area (Å²) >= 11 is 12.0. The fourth-order valence-electron chi connectivity index (χ4n) is 5.01. The second-order valence-corrected chi connectivity index (χ2v) is 12.1. The van der Waals surface area contributed by atoms with E-state index in [1.54, 1.807) is 40.2 Å². The number of fused-ring (bicyclic) bond motifs is 2. The number of aryl methyl sites for hydroxylation is 1. The zero-order chi connectivity index (χ0) is 38.5. The number of nitrogens with zero attached hydrogens (tertiary/aromatic N) is 7. The molecule has 0 fully saturated rings. The van der Waals surface area contributed by atoms with E-state index < -0.39 is 11.9 Å². The number of halogens is 2. The van der Waals surface area contributed by atoms with Crippen LogP contribution < -0.4 is 19.7 Å². The van der Waals surface area contributed by atoms with Gasteiger partial charge in [0, 0.05) is 26.2 Å². The van der Waals surface area contributed by atoms with Gasteiger partial charge >= 0.3 is 11.9 Å². The molecule has 53 heavy (non-hydrogen) atoms. The Bertz CT molecular complexity index is 2120. The first kappa shape index (κ1) is 40.3. The van der Waals surface area contributed by atoms with Crippen LogP contribution in [0.1, 0.15) is 51.5 Å². The molecule has 0 unspecified atom stereocenters. The topological polar surface area (TPSA) is 147 Å². The van der Waals surface area contributed by atoms with Crippen molar-refractivity contribution in [3.8, 4) is 11.5 Å². The molecule has 6 aromatic rings. The average molecular weight is 766 g/mol. The van der Waals surface area contributed by atoms with E-state index in [9.17, 15) is 9.59 Å². The number of carbonyl (C=O) groups excluding carboxylic acids is 2. The molecule has 6 rings (SSSR count). The second-order valence-electron chi connectivity index (χ2n) is 11.3. The fraction of sp³-hybridized carbons (Fsp3) is 0.297. The number of imidazole rings is 2. The van der Waals surface area contributed by atoms with E-state index >= 15 is 0 Å². The number of carbonyl (C=O) groups is 2. The van der Waals surface area contributed by atoms with Crippen LogP contribution in [0.4, 0.5) is 5.69 Å². The molecule has 0 saturated heterocycles. The van der Waals surface area contributed by atoms with Crippen LogP contribution in [-0.4, -0.2) is 82.7 Å². The maximum absolute atomic E-state index is 12.1. The second kappa shape index (κ2) is 19.4. The van der Waals surface area contributed by atoms with Crippen molar-refractivity contribution in [2.24, 2.45) is 0 Å². The minimum absolute atomic E-state index is 0.239. The molecular formula is C37H42Cl2N8O6. The highest BCUT2D eigenvalue weighted by molar-refractivity contribution is 6.30. The van der Waals surface area contributed by atoms with E-state index in [1.807, 2.05) is 62.3 Å². The zero-order valence-electron chi connectivity index (χ0n) is 30.6. The molecule has 0 aliphatic rings. The first-order valence-electron chi connectivity index (χ1n) is 16.5. The minimum atomic E-state index is -0.487. The van der Waals surface area contributed by atoms with E-state index in [4.69, 9.17) is 42.1 Å². The van der Waals surface area contributed by atoms with Gasteiger partial charge in [-0.1, -0.05) is 47.5 Å². The fourth-order valence-corrected chi connectivity index (χ4v) is 5.43. The molecule has 0 aliphatic heterocycles. The predicted molar refractivity (Wildman–Crippen MR) is 204 cm³/mol. The quantitative estimate of drug-likeness (QED) is 0.144. The Morgan fingerprint density at radius 3 is 1.72 bits per heavy atom. The van der Waals surface area contributed by atoms with Gasteiger partial charge in [-0.25, -0.2) is 28.6 Å². The smallest absolute Gasteiger partial charge is 0.358 e. The van der Waals surface area contributed by atoms with Crippen LogP contribution in [0.15, 0.2) is 73.1 Å². The van der Waals surface area contributed by atoms with E-state index in [-0.39, 0.29) is 23.1 Å². The van der Waals surface area contributed by atoms with Crippen molar-refractivity contribution in [3.63, 3.8) is 0 Å². The summed E-state index contributed by atoms with van der Waals surface area (Å²) in [6, 6.07) is 19.3. The van der Waals surface area contributed by atoms with E-state index in [0.29, 0.717) is 29.6 Å². The lowest BCUT2D eigenvalue weighted by molar-refractivity contribution is 0.0507. The molecule has 4 heterocycles. The van der Waals surface area contributed by atoms with Crippen molar-refractivity contribution < 1.29 is 28.5 Å². The highest BCUT2D eigenvalue weighted by Crippen LogP contribution is 2.25. The van der Waals surface area contributed by atoms with Gasteiger partial charge < -0.3 is 29.2 Å². The van der Waals surface area contributed by atoms with Gasteiger partial charge in [-0.2, -0.15) is 10.2 Å². The Kier molecular flexibility index (Phi) is 14.8. The normalized spacial score (nSPS) is 10.5. The van der Waals surface area contributed by atoms with Crippen molar-refractivity contribution in [2.75, 3.05) is 46.4 Å². The molecule has 2 aromatic carbocycles. The van der Waals surface area contributed by atoms with Crippen LogP contribution in [-0.2, 0) is 22.6 Å². The standard InChI is InChI=1S/C18H19ClN4O3.C10H10ClN3O2.C9H13NO/c1-4-26-18(24)15-10-20-17-14(9-16(19)21-23(15)17)22(2)11-12-5-7-13(25-3)8-6-12;1-3-16-10(15)7-5-12-9-6(2)4-8(11)13-14(7)9;1-10-7-8-3-5-9(11-2)6-4-8/h5-10H,4,11H2,1-3H3;4-5H,3H2,1-2H3;3-6,10H,7H2,1-2H3. The Balaban J connectivity index is 0.000000197. The molecule has 4 aromatic heterocycles. The molecule has 1 N–H and O–H groups in total. The molecule has 14 nitrogen and oxygen atoms in total. The average Bonchev–Trinajstić information content (AvgIpc) is 3.78. The molecule has 280 valence electrons. The largest absolute Gasteiger partial charge is 0.497 e. The summed E-state index contributed by atoms with van der Waals surface area (Å²) in [6.07, 6.45) is 2.88. The Hall–Kier alpha value is -5.44. The van der Waals surface area contributed by atoms with Gasteiger partial charge in [0.25, 0.3) is 0 Å². The summed E-state index contributed by atoms with van der Waals surface area (Å²) in [6.45, 7) is 7.46. The summed E-state index contributed by atoms with van der Waals surface area (Å²) in [5.41, 5.74) is 5.64. The summed E-state index contributed by atoms with van der Waals surface area (Å²) < 4.78 is 23.0. The highest BCUT2D eigenvalue weighted by Gasteiger charge is 2.19. The molecule has 0 aliphatic carbocycles. The Morgan fingerprint density at radius 1 is 0.755 bits per heavy atom. The minimum Gasteiger partial charge on any atom is -0.497 e. The predicted octanol–water partition coefficient (Wildman–Crippen LogP) is 6.49. The number of ether oxygens (including phenoxy) is 4. The lowest BCUT2D eigenvalue weighted by Gasteiger charge is -2.20. The summed E-state index contributed by atoms with van der Waals surface area (Å²) in [7, 11) is 7.17. The maximum atomic E-state index is 12.1. The van der Waals surface area contributed by atoms with Crippen molar-refractivity contribution in [2.45, 2.75) is 33.9 Å². The molecule has 0 spiro atoms. The Morgan fingerprint density at radius 2 is 1.23 bits per heavy atom. The van der Waals surface area contributed by atoms with Crippen LogP contribution >= 0.6 is 23.2 Å². The summed E-state index contributed by atoms with van der Waals surface area (Å²) in [4.78, 5) is 34.1. The van der Waals surface area contributed by atoms with Crippen LogP contribution in [0.25, 0.3) is 11.3 Å². The van der Waals surface area contributed by atoms with Crippen molar-refractivity contribution in [1.82, 2.24) is 34.5 Å². The van der Waals surface area contributed by atoms with E-state index in [1.165, 1.54) is 27.0 Å². The molecule has 0 atom stereocenters. The van der Waals surface area contributed by atoms with Crippen LogP contribution in [0, 0.1) is 6.92 Å². The molecule has 16 heteroatoms. The van der Waals surface area contributed by atoms with Gasteiger partial charge in [0.2, 0.25) is 0 Å². The van der Waals surface area contributed by atoms with Gasteiger partial charge in [0.15, 0.2) is 27.8 Å². The molecule has 0 amide bonds. The number of rotatable bonds is 11. The lowest BCUT2D eigenvalue weighted by atomic mass is 10.2. The van der Waals surface area contributed by atoms with E-state index in [2.05, 4.69) is 37.6 Å². The molecule has 0 bridgehead atoms. The third kappa shape index (κ3) is 10.6. The van der Waals surface area contributed by atoms with Crippen LogP contribution in [0.3, 0.4) is 0 Å². The summed E-state index contributed by atoms with van der Waals surface area (Å²) in [5, 5.41) is 11.9. The lowest BCUT2D eigenvalue weighted by Crippen LogP contribution is -2.18. The number of esters is 2. The zero-order valence-corrected chi connectivity index (χ0v) is 32.1. The summed E-state index contributed by atoms with van der Waals surface area (Å²) in [5.74, 6) is 0.769. The monoisotopic (exact) mass is 764 g/mol. The number of methoxy groups -OCH3 is 2. The van der Waals surface area contributed by atoms with Gasteiger partial charge in [-0.05, 0) is 74.8 Å². The van der Waals surface area contributed by atoms with Crippen molar-refractivity contribution in [3.05, 3.63) is 111 Å². The van der Waals surface area contributed by atoms with Crippen molar-refractivity contribution in [1.29, 1.82) is 0 Å². The highest BCUT2D eigenvalue weighted by atomic mass is 35.5. The number of aromatic nitrogens is 6. The number of nitrogens with one attached hydrogen (secondary N) is 1. The molecule has 0 radical (unpaired) electrons. The number of anilines is 1. The van der Waals surface area contributed by atoms with E-state index in [0.717, 1.165) is 34.9 Å². The number of hydrogen-bond acceptors (Lipinski definition) is 12.